The molecule has 1 heterocycles. The second kappa shape index (κ2) is 3.25. The SMILES string of the molecule is C=C(C(=O)OC)N1CCNC1=O. The van der Waals surface area contributed by atoms with E-state index < -0.39 is 5.97 Å². The Kier molecular flexibility index (Phi) is 2.32. The Morgan fingerprint density at radius 1 is 1.75 bits per heavy atom. The Bertz CT molecular complexity index is 237. The first-order valence-electron chi connectivity index (χ1n) is 3.49. The molecular weight excluding hydrogens is 160 g/mol. The molecule has 1 rings (SSSR count). The molecule has 0 unspecified atom stereocenters. The predicted octanol–water partition coefficient (Wildman–Crippen LogP) is -0.302. The lowest BCUT2D eigenvalue weighted by molar-refractivity contribution is -0.137. The number of nitrogens with one attached hydrogen (secondary N) is 1. The molecule has 2 amide bonds. The minimum absolute atomic E-state index is 0.0764. The largest absolute Gasteiger partial charge is 0.464 e. The summed E-state index contributed by atoms with van der Waals surface area (Å²) in [6, 6.07) is -0.301. The van der Waals surface area contributed by atoms with Gasteiger partial charge in [0.2, 0.25) is 0 Å². The summed E-state index contributed by atoms with van der Waals surface area (Å²) >= 11 is 0. The van der Waals surface area contributed by atoms with Gasteiger partial charge < -0.3 is 10.1 Å². The zero-order chi connectivity index (χ0) is 9.14. The van der Waals surface area contributed by atoms with Crippen LogP contribution in [0.5, 0.6) is 0 Å². The lowest BCUT2D eigenvalue weighted by Crippen LogP contribution is -2.31. The van der Waals surface area contributed by atoms with Gasteiger partial charge in [0.1, 0.15) is 5.70 Å². The molecule has 0 aromatic rings. The second-order valence-electron chi connectivity index (χ2n) is 2.32. The normalized spacial score (nSPS) is 15.8. The van der Waals surface area contributed by atoms with Gasteiger partial charge in [-0.05, 0) is 0 Å². The average Bonchev–Trinajstić information content (AvgIpc) is 2.48. The first-order chi connectivity index (χ1) is 5.66. The molecule has 0 aromatic heterocycles. The number of carbonyl (C=O) groups is 2. The molecule has 66 valence electrons. The van der Waals surface area contributed by atoms with Crippen LogP contribution in [0.1, 0.15) is 0 Å². The maximum Gasteiger partial charge on any atom is 0.354 e. The van der Waals surface area contributed by atoms with E-state index >= 15 is 0 Å². The standard InChI is InChI=1S/C7H10N2O3/c1-5(6(10)12-2)9-4-3-8-7(9)11/h1,3-4H2,2H3,(H,8,11). The zero-order valence-electron chi connectivity index (χ0n) is 6.79. The van der Waals surface area contributed by atoms with E-state index in [2.05, 4.69) is 16.6 Å². The monoisotopic (exact) mass is 170 g/mol. The van der Waals surface area contributed by atoms with Gasteiger partial charge in [0.05, 0.1) is 7.11 Å². The van der Waals surface area contributed by atoms with Crippen molar-refractivity contribution >= 4 is 12.0 Å². The van der Waals surface area contributed by atoms with Crippen molar-refractivity contribution in [2.45, 2.75) is 0 Å². The molecule has 12 heavy (non-hydrogen) atoms. The van der Waals surface area contributed by atoms with Crippen molar-refractivity contribution in [1.82, 2.24) is 10.2 Å². The number of methoxy groups -OCH3 is 1. The molecular formula is C7H10N2O3. The van der Waals surface area contributed by atoms with Gasteiger partial charge in [-0.25, -0.2) is 9.59 Å². The summed E-state index contributed by atoms with van der Waals surface area (Å²) < 4.78 is 4.41. The molecule has 1 aliphatic heterocycles. The molecule has 0 spiro atoms. The summed E-state index contributed by atoms with van der Waals surface area (Å²) in [7, 11) is 1.25. The van der Waals surface area contributed by atoms with Crippen LogP contribution < -0.4 is 5.32 Å². The number of nitrogens with zero attached hydrogens (tertiary/aromatic N) is 1. The molecule has 0 radical (unpaired) electrons. The molecule has 0 aliphatic carbocycles. The molecule has 1 fully saturated rings. The molecule has 1 aliphatic rings. The van der Waals surface area contributed by atoms with Crippen LogP contribution in [0.4, 0.5) is 4.79 Å². The third-order valence-electron chi connectivity index (χ3n) is 1.60. The summed E-state index contributed by atoms with van der Waals surface area (Å²) in [6.45, 7) is 4.45. The fraction of sp³-hybridized carbons (Fsp3) is 0.429. The van der Waals surface area contributed by atoms with Gasteiger partial charge in [0.15, 0.2) is 0 Å². The molecule has 0 aromatic carbocycles. The highest BCUT2D eigenvalue weighted by Crippen LogP contribution is 2.07. The van der Waals surface area contributed by atoms with Crippen molar-refractivity contribution in [1.29, 1.82) is 0 Å². The maximum absolute atomic E-state index is 11.0. The van der Waals surface area contributed by atoms with E-state index in [1.54, 1.807) is 0 Å². The van der Waals surface area contributed by atoms with Crippen LogP contribution in [-0.2, 0) is 9.53 Å². The highest BCUT2D eigenvalue weighted by Gasteiger charge is 2.26. The van der Waals surface area contributed by atoms with Gasteiger partial charge >= 0.3 is 12.0 Å². The fourth-order valence-corrected chi connectivity index (χ4v) is 0.957. The minimum atomic E-state index is -0.577. The Labute approximate surface area is 70.0 Å². The molecule has 5 nitrogen and oxygen atoms in total. The first kappa shape index (κ1) is 8.58. The number of urea groups is 1. The molecule has 1 N–H and O–H groups in total. The smallest absolute Gasteiger partial charge is 0.354 e. The highest BCUT2D eigenvalue weighted by molar-refractivity contribution is 5.93. The van der Waals surface area contributed by atoms with Crippen LogP contribution in [0.25, 0.3) is 0 Å². The number of carbonyl (C=O) groups excluding carboxylic acids is 2. The van der Waals surface area contributed by atoms with Crippen LogP contribution >= 0.6 is 0 Å². The van der Waals surface area contributed by atoms with Gasteiger partial charge in [0, 0.05) is 13.1 Å². The summed E-state index contributed by atoms with van der Waals surface area (Å²) in [5.74, 6) is -0.577. The van der Waals surface area contributed by atoms with Gasteiger partial charge in [-0.3, -0.25) is 4.90 Å². The maximum atomic E-state index is 11.0. The summed E-state index contributed by atoms with van der Waals surface area (Å²) in [4.78, 5) is 23.1. The lowest BCUT2D eigenvalue weighted by atomic mass is 10.4. The molecule has 1 saturated heterocycles. The van der Waals surface area contributed by atoms with E-state index in [4.69, 9.17) is 0 Å². The average molecular weight is 170 g/mol. The van der Waals surface area contributed by atoms with Crippen LogP contribution in [0.15, 0.2) is 12.3 Å². The van der Waals surface area contributed by atoms with Crippen molar-refractivity contribution in [2.24, 2.45) is 0 Å². The van der Waals surface area contributed by atoms with E-state index in [1.165, 1.54) is 12.0 Å². The Balaban J connectivity index is 2.63. The quantitative estimate of drug-likeness (QED) is 0.457. The number of hydrogen-bond donors (Lipinski definition) is 1. The van der Waals surface area contributed by atoms with Crippen LogP contribution in [0.2, 0.25) is 0 Å². The van der Waals surface area contributed by atoms with Crippen LogP contribution in [0, 0.1) is 0 Å². The number of hydrogen-bond acceptors (Lipinski definition) is 3. The van der Waals surface area contributed by atoms with E-state index in [0.717, 1.165) is 0 Å². The van der Waals surface area contributed by atoms with Crippen molar-refractivity contribution in [3.63, 3.8) is 0 Å². The van der Waals surface area contributed by atoms with Crippen LogP contribution in [0.3, 0.4) is 0 Å². The lowest BCUT2D eigenvalue weighted by Gasteiger charge is -2.13. The Morgan fingerprint density at radius 3 is 2.83 bits per heavy atom. The zero-order valence-corrected chi connectivity index (χ0v) is 6.79. The van der Waals surface area contributed by atoms with Gasteiger partial charge in [0.25, 0.3) is 0 Å². The van der Waals surface area contributed by atoms with Gasteiger partial charge in [-0.15, -0.1) is 0 Å². The van der Waals surface area contributed by atoms with Crippen molar-refractivity contribution in [2.75, 3.05) is 20.2 Å². The van der Waals surface area contributed by atoms with E-state index in [9.17, 15) is 9.59 Å². The fourth-order valence-electron chi connectivity index (χ4n) is 0.957. The number of esters is 1. The van der Waals surface area contributed by atoms with Crippen molar-refractivity contribution < 1.29 is 14.3 Å². The van der Waals surface area contributed by atoms with Gasteiger partial charge in [-0.1, -0.05) is 6.58 Å². The number of ether oxygens (including phenoxy) is 1. The van der Waals surface area contributed by atoms with Crippen molar-refractivity contribution in [3.05, 3.63) is 12.3 Å². The van der Waals surface area contributed by atoms with E-state index in [1.807, 2.05) is 0 Å². The van der Waals surface area contributed by atoms with E-state index in [-0.39, 0.29) is 11.7 Å². The highest BCUT2D eigenvalue weighted by atomic mass is 16.5. The number of rotatable bonds is 2. The van der Waals surface area contributed by atoms with Gasteiger partial charge in [-0.2, -0.15) is 0 Å². The number of amides is 2. The second-order valence-corrected chi connectivity index (χ2v) is 2.32. The molecule has 0 atom stereocenters. The summed E-state index contributed by atoms with van der Waals surface area (Å²) in [6.07, 6.45) is 0. The topological polar surface area (TPSA) is 58.6 Å². The van der Waals surface area contributed by atoms with Crippen molar-refractivity contribution in [3.8, 4) is 0 Å². The third-order valence-corrected chi connectivity index (χ3v) is 1.60. The third kappa shape index (κ3) is 1.39. The molecule has 0 saturated carbocycles. The van der Waals surface area contributed by atoms with Crippen LogP contribution in [-0.4, -0.2) is 37.1 Å². The Hall–Kier alpha value is -1.52. The summed E-state index contributed by atoms with van der Waals surface area (Å²) in [5.41, 5.74) is 0.0764. The molecule has 5 heteroatoms. The molecule has 0 bridgehead atoms. The van der Waals surface area contributed by atoms with E-state index in [0.29, 0.717) is 13.1 Å². The minimum Gasteiger partial charge on any atom is -0.464 e. The first-order valence-corrected chi connectivity index (χ1v) is 3.49. The Morgan fingerprint density at radius 2 is 2.42 bits per heavy atom. The predicted molar refractivity (Wildman–Crippen MR) is 41.3 cm³/mol. The summed E-state index contributed by atoms with van der Waals surface area (Å²) in [5, 5.41) is 2.55.